The molecule has 0 aliphatic carbocycles. The van der Waals surface area contributed by atoms with Crippen LogP contribution >= 0.6 is 0 Å². The number of hydrogen-bond donors (Lipinski definition) is 2. The smallest absolute Gasteiger partial charge is 0.167 e. The second-order valence-electron chi connectivity index (χ2n) is 4.24. The van der Waals surface area contributed by atoms with Gasteiger partial charge in [-0.2, -0.15) is 0 Å². The van der Waals surface area contributed by atoms with Gasteiger partial charge < -0.3 is 15.2 Å². The zero-order chi connectivity index (χ0) is 14.1. The van der Waals surface area contributed by atoms with E-state index in [4.69, 9.17) is 15.4 Å². The molecule has 2 aromatic rings. The number of imidazole rings is 1. The summed E-state index contributed by atoms with van der Waals surface area (Å²) in [5, 5.41) is 15.7. The minimum atomic E-state index is -0.521. The number of nitrogens with zero attached hydrogens (tertiary/aromatic N) is 7. The van der Waals surface area contributed by atoms with E-state index < -0.39 is 18.4 Å². The lowest BCUT2D eigenvalue weighted by molar-refractivity contribution is -0.196. The van der Waals surface area contributed by atoms with Crippen LogP contribution < -0.4 is 5.32 Å². The van der Waals surface area contributed by atoms with E-state index >= 15 is 0 Å². The van der Waals surface area contributed by atoms with Gasteiger partial charge in [0.15, 0.2) is 11.5 Å². The van der Waals surface area contributed by atoms with Crippen molar-refractivity contribution in [3.8, 4) is 0 Å². The Balaban J connectivity index is 2.01. The van der Waals surface area contributed by atoms with Crippen LogP contribution in [0.3, 0.4) is 0 Å². The molecule has 104 valence electrons. The van der Waals surface area contributed by atoms with Gasteiger partial charge in [-0.3, -0.25) is 4.57 Å². The molecule has 10 nitrogen and oxygen atoms in total. The van der Waals surface area contributed by atoms with Crippen LogP contribution in [0.2, 0.25) is 0 Å². The van der Waals surface area contributed by atoms with Crippen LogP contribution in [0.5, 0.6) is 0 Å². The largest absolute Gasteiger partial charge is 0.394 e. The molecular formula is C10H12N8O2. The molecular weight excluding hydrogens is 264 g/mol. The zero-order valence-electron chi connectivity index (χ0n) is 10.6. The van der Waals surface area contributed by atoms with Crippen LogP contribution in [0.1, 0.15) is 6.23 Å². The number of ether oxygens (including phenoxy) is 1. The van der Waals surface area contributed by atoms with E-state index in [1.807, 2.05) is 0 Å². The lowest BCUT2D eigenvalue weighted by atomic mass is 10.1. The van der Waals surface area contributed by atoms with Gasteiger partial charge in [0.1, 0.15) is 24.1 Å². The Hall–Kier alpha value is -2.42. The van der Waals surface area contributed by atoms with Crippen LogP contribution in [-0.2, 0) is 4.74 Å². The van der Waals surface area contributed by atoms with E-state index in [-0.39, 0.29) is 6.61 Å². The number of hydrogen-bond acceptors (Lipinski definition) is 7. The van der Waals surface area contributed by atoms with Crippen molar-refractivity contribution in [2.75, 3.05) is 19.0 Å². The van der Waals surface area contributed by atoms with Crippen molar-refractivity contribution in [3.63, 3.8) is 0 Å². The Morgan fingerprint density at radius 1 is 1.55 bits per heavy atom. The molecule has 0 unspecified atom stereocenters. The first-order valence-electron chi connectivity index (χ1n) is 5.96. The number of nitrogens with one attached hydrogen (secondary N) is 1. The highest BCUT2D eigenvalue weighted by atomic mass is 16.6. The first kappa shape index (κ1) is 12.6. The van der Waals surface area contributed by atoms with E-state index in [1.165, 1.54) is 6.33 Å². The van der Waals surface area contributed by atoms with Gasteiger partial charge in [0.05, 0.1) is 19.0 Å². The number of rotatable bonds is 4. The van der Waals surface area contributed by atoms with Crippen molar-refractivity contribution in [2.24, 2.45) is 5.11 Å². The lowest BCUT2D eigenvalue weighted by Crippen LogP contribution is -2.50. The third-order valence-electron chi connectivity index (χ3n) is 3.22. The maximum Gasteiger partial charge on any atom is 0.167 e. The Bertz CT molecular complexity index is 679. The van der Waals surface area contributed by atoms with Crippen LogP contribution in [0.25, 0.3) is 21.6 Å². The molecule has 20 heavy (non-hydrogen) atoms. The number of aliphatic hydroxyl groups is 1. The molecule has 0 spiro atoms. The number of fused-ring (bicyclic) bond motifs is 1. The molecule has 2 aromatic heterocycles. The predicted octanol–water partition coefficient (Wildman–Crippen LogP) is 0.437. The Kier molecular flexibility index (Phi) is 3.11. The maximum absolute atomic E-state index is 9.13. The molecule has 0 saturated carbocycles. The third kappa shape index (κ3) is 1.74. The van der Waals surface area contributed by atoms with Crippen molar-refractivity contribution < 1.29 is 9.84 Å². The highest BCUT2D eigenvalue weighted by Gasteiger charge is 2.43. The average Bonchev–Trinajstić information content (AvgIpc) is 2.88. The van der Waals surface area contributed by atoms with Crippen LogP contribution in [0.4, 0.5) is 5.82 Å². The van der Waals surface area contributed by atoms with Gasteiger partial charge in [0.25, 0.3) is 0 Å². The standard InChI is InChI=1S/C10H12N8O2/c1-12-8-7-9(14-3-13-8)18(4-15-7)10-6(16-17-11)5(2-19)20-10/h3-6,10,19H,2H2,1H3,(H,12,13,14)/t5-,6-,10-/m1/s1. The SMILES string of the molecule is CNc1ncnc2c1ncn2[C@@H]1O[C@H](CO)[C@H]1N=[N+]=[N-]. The van der Waals surface area contributed by atoms with Gasteiger partial charge in [0.2, 0.25) is 0 Å². The number of aromatic nitrogens is 4. The van der Waals surface area contributed by atoms with Gasteiger partial charge in [-0.25, -0.2) is 15.0 Å². The van der Waals surface area contributed by atoms with Gasteiger partial charge in [0, 0.05) is 12.0 Å². The van der Waals surface area contributed by atoms with Gasteiger partial charge in [-0.1, -0.05) is 5.11 Å². The molecule has 1 saturated heterocycles. The van der Waals surface area contributed by atoms with E-state index in [1.54, 1.807) is 17.9 Å². The van der Waals surface area contributed by atoms with E-state index in [0.717, 1.165) is 0 Å². The predicted molar refractivity (Wildman–Crippen MR) is 68.8 cm³/mol. The molecule has 0 amide bonds. The summed E-state index contributed by atoms with van der Waals surface area (Å²) in [7, 11) is 1.74. The summed E-state index contributed by atoms with van der Waals surface area (Å²) in [6.07, 6.45) is 1.95. The average molecular weight is 276 g/mol. The van der Waals surface area contributed by atoms with Crippen molar-refractivity contribution in [1.82, 2.24) is 19.5 Å². The first-order valence-corrected chi connectivity index (χ1v) is 5.96. The first-order chi connectivity index (χ1) is 9.80. The fourth-order valence-electron chi connectivity index (χ4n) is 2.23. The highest BCUT2D eigenvalue weighted by molar-refractivity contribution is 5.82. The fraction of sp³-hybridized carbons (Fsp3) is 0.500. The van der Waals surface area contributed by atoms with Crippen LogP contribution in [0, 0.1) is 0 Å². The highest BCUT2D eigenvalue weighted by Crippen LogP contribution is 2.35. The Labute approximate surface area is 113 Å². The summed E-state index contributed by atoms with van der Waals surface area (Å²) in [6.45, 7) is -0.205. The molecule has 0 bridgehead atoms. The van der Waals surface area contributed by atoms with Crippen molar-refractivity contribution in [2.45, 2.75) is 18.4 Å². The quantitative estimate of drug-likeness (QED) is 0.472. The number of aliphatic hydroxyl groups excluding tert-OH is 1. The molecule has 1 fully saturated rings. The third-order valence-corrected chi connectivity index (χ3v) is 3.22. The minimum absolute atomic E-state index is 0.205. The summed E-state index contributed by atoms with van der Waals surface area (Å²) in [5.41, 5.74) is 9.76. The minimum Gasteiger partial charge on any atom is -0.394 e. The Morgan fingerprint density at radius 3 is 3.10 bits per heavy atom. The summed E-state index contributed by atoms with van der Waals surface area (Å²) >= 11 is 0. The molecule has 1 aliphatic heterocycles. The normalized spacial score (nSPS) is 25.0. The van der Waals surface area contributed by atoms with Crippen molar-refractivity contribution >= 4 is 17.0 Å². The molecule has 3 atom stereocenters. The molecule has 1 aliphatic rings. The molecule has 2 N–H and O–H groups in total. The van der Waals surface area contributed by atoms with Gasteiger partial charge in [-0.15, -0.1) is 0 Å². The summed E-state index contributed by atoms with van der Waals surface area (Å²) in [4.78, 5) is 15.3. The van der Waals surface area contributed by atoms with E-state index in [2.05, 4.69) is 30.3 Å². The maximum atomic E-state index is 9.13. The molecule has 3 heterocycles. The van der Waals surface area contributed by atoms with E-state index in [9.17, 15) is 0 Å². The van der Waals surface area contributed by atoms with Crippen LogP contribution in [-0.4, -0.2) is 50.4 Å². The Morgan fingerprint density at radius 2 is 2.40 bits per heavy atom. The van der Waals surface area contributed by atoms with Gasteiger partial charge in [-0.05, 0) is 5.53 Å². The second kappa shape index (κ2) is 4.93. The fourth-order valence-corrected chi connectivity index (χ4v) is 2.23. The summed E-state index contributed by atoms with van der Waals surface area (Å²) in [5.74, 6) is 0.604. The molecule has 0 aromatic carbocycles. The van der Waals surface area contributed by atoms with Gasteiger partial charge >= 0.3 is 0 Å². The summed E-state index contributed by atoms with van der Waals surface area (Å²) in [6, 6.07) is -0.490. The lowest BCUT2D eigenvalue weighted by Gasteiger charge is -2.41. The van der Waals surface area contributed by atoms with Crippen LogP contribution in [0.15, 0.2) is 17.8 Å². The molecule has 0 radical (unpaired) electrons. The van der Waals surface area contributed by atoms with Crippen molar-refractivity contribution in [3.05, 3.63) is 23.1 Å². The van der Waals surface area contributed by atoms with Crippen molar-refractivity contribution in [1.29, 1.82) is 0 Å². The zero-order valence-corrected chi connectivity index (χ0v) is 10.6. The topological polar surface area (TPSA) is 134 Å². The number of azide groups is 1. The molecule has 3 rings (SSSR count). The monoisotopic (exact) mass is 276 g/mol. The van der Waals surface area contributed by atoms with E-state index in [0.29, 0.717) is 17.0 Å². The second-order valence-corrected chi connectivity index (χ2v) is 4.24. The molecule has 10 heteroatoms. The number of anilines is 1. The summed E-state index contributed by atoms with van der Waals surface area (Å²) < 4.78 is 7.18.